The summed E-state index contributed by atoms with van der Waals surface area (Å²) in [4.78, 5) is 4.84. The summed E-state index contributed by atoms with van der Waals surface area (Å²) in [6.07, 6.45) is 1.79. The summed E-state index contributed by atoms with van der Waals surface area (Å²) in [5.74, 6) is 0.956. The van der Waals surface area contributed by atoms with Gasteiger partial charge in [-0.3, -0.25) is 0 Å². The van der Waals surface area contributed by atoms with E-state index in [2.05, 4.69) is 79.9 Å². The van der Waals surface area contributed by atoms with Crippen molar-refractivity contribution in [1.29, 1.82) is 0 Å². The van der Waals surface area contributed by atoms with Crippen molar-refractivity contribution in [2.45, 2.75) is 52.4 Å². The molecule has 0 fully saturated rings. The van der Waals surface area contributed by atoms with E-state index in [1.807, 2.05) is 0 Å². The molecule has 144 valence electrons. The maximum Gasteiger partial charge on any atom is 0.141 e. The Labute approximate surface area is 172 Å². The molecule has 28 heavy (non-hydrogen) atoms. The van der Waals surface area contributed by atoms with Crippen molar-refractivity contribution in [2.24, 2.45) is 0 Å². The second-order valence-corrected chi connectivity index (χ2v) is 8.53. The number of benzene rings is 2. The van der Waals surface area contributed by atoms with Gasteiger partial charge >= 0.3 is 0 Å². The number of ether oxygens (including phenoxy) is 1. The van der Waals surface area contributed by atoms with Crippen LogP contribution in [0.3, 0.4) is 0 Å². The van der Waals surface area contributed by atoms with E-state index >= 15 is 0 Å². The number of fused-ring (bicyclic) bond motifs is 1. The first kappa shape index (κ1) is 19.0. The third-order valence-corrected chi connectivity index (χ3v) is 5.71. The van der Waals surface area contributed by atoms with Gasteiger partial charge in [-0.2, -0.15) is 0 Å². The van der Waals surface area contributed by atoms with Crippen LogP contribution in [0.25, 0.3) is 11.4 Å². The van der Waals surface area contributed by atoms with Gasteiger partial charge in [-0.15, -0.1) is 0 Å². The summed E-state index contributed by atoms with van der Waals surface area (Å²) in [6, 6.07) is 19.2. The zero-order valence-electron chi connectivity index (χ0n) is 16.7. The summed E-state index contributed by atoms with van der Waals surface area (Å²) < 4.78 is 9.06. The van der Waals surface area contributed by atoms with E-state index in [9.17, 15) is 0 Å². The number of rotatable bonds is 4. The molecule has 0 bridgehead atoms. The van der Waals surface area contributed by atoms with Crippen LogP contribution in [0.4, 0.5) is 0 Å². The quantitative estimate of drug-likeness (QED) is 0.536. The van der Waals surface area contributed by atoms with E-state index in [0.717, 1.165) is 36.3 Å². The Kier molecular flexibility index (Phi) is 5.17. The fourth-order valence-corrected chi connectivity index (χ4v) is 4.02. The maximum absolute atomic E-state index is 6.03. The predicted octanol–water partition coefficient (Wildman–Crippen LogP) is 5.68. The van der Waals surface area contributed by atoms with Gasteiger partial charge in [0.25, 0.3) is 0 Å². The van der Waals surface area contributed by atoms with Crippen molar-refractivity contribution >= 4 is 12.2 Å². The number of hydrogen-bond acceptors (Lipinski definition) is 3. The zero-order valence-corrected chi connectivity index (χ0v) is 17.6. The van der Waals surface area contributed by atoms with Crippen LogP contribution < -0.4 is 0 Å². The van der Waals surface area contributed by atoms with Crippen molar-refractivity contribution < 1.29 is 4.74 Å². The Morgan fingerprint density at radius 2 is 1.79 bits per heavy atom. The smallest absolute Gasteiger partial charge is 0.141 e. The Morgan fingerprint density at radius 3 is 2.50 bits per heavy atom. The molecule has 0 unspecified atom stereocenters. The third kappa shape index (κ3) is 3.94. The normalized spacial score (nSPS) is 15.2. The number of nitrogens with zero attached hydrogens (tertiary/aromatic N) is 2. The summed E-state index contributed by atoms with van der Waals surface area (Å²) in [7, 11) is 0. The first-order chi connectivity index (χ1) is 13.4. The lowest BCUT2D eigenvalue weighted by Crippen LogP contribution is -2.35. The lowest BCUT2D eigenvalue weighted by molar-refractivity contribution is -0.0428. The largest absolute Gasteiger partial charge is 0.370 e. The average Bonchev–Trinajstić information content (AvgIpc) is 2.68. The van der Waals surface area contributed by atoms with E-state index in [1.54, 1.807) is 0 Å². The molecule has 0 spiro atoms. The van der Waals surface area contributed by atoms with E-state index in [1.165, 1.54) is 16.8 Å². The molecule has 0 N–H and O–H groups in total. The van der Waals surface area contributed by atoms with Gasteiger partial charge < -0.3 is 9.30 Å². The minimum Gasteiger partial charge on any atom is -0.370 e. The Bertz CT molecular complexity index is 1040. The van der Waals surface area contributed by atoms with E-state index in [0.29, 0.717) is 11.2 Å². The van der Waals surface area contributed by atoms with Crippen molar-refractivity contribution in [3.63, 3.8) is 0 Å². The first-order valence-corrected chi connectivity index (χ1v) is 10.2. The fourth-order valence-electron chi connectivity index (χ4n) is 3.76. The molecule has 1 aromatic heterocycles. The highest BCUT2D eigenvalue weighted by Gasteiger charge is 2.30. The van der Waals surface area contributed by atoms with Gasteiger partial charge in [-0.1, -0.05) is 72.4 Å². The van der Waals surface area contributed by atoms with Crippen LogP contribution in [0.15, 0.2) is 54.6 Å². The molecule has 4 heteroatoms. The molecule has 1 aliphatic heterocycles. The van der Waals surface area contributed by atoms with E-state index in [4.69, 9.17) is 21.9 Å². The topological polar surface area (TPSA) is 27.1 Å². The van der Waals surface area contributed by atoms with Crippen LogP contribution >= 0.6 is 12.2 Å². The highest BCUT2D eigenvalue weighted by atomic mass is 32.1. The van der Waals surface area contributed by atoms with Crippen LogP contribution in [0.2, 0.25) is 0 Å². The number of aryl methyl sites for hydroxylation is 2. The maximum atomic E-state index is 6.03. The van der Waals surface area contributed by atoms with Gasteiger partial charge in [0.1, 0.15) is 10.5 Å². The third-order valence-electron chi connectivity index (χ3n) is 5.37. The summed E-state index contributed by atoms with van der Waals surface area (Å²) in [5.41, 5.74) is 5.81. The Balaban J connectivity index is 1.83. The first-order valence-electron chi connectivity index (χ1n) is 9.80. The molecule has 0 amide bonds. The monoisotopic (exact) mass is 390 g/mol. The van der Waals surface area contributed by atoms with Gasteiger partial charge in [0.05, 0.1) is 12.2 Å². The van der Waals surface area contributed by atoms with Gasteiger partial charge in [0.2, 0.25) is 0 Å². The molecule has 0 saturated carbocycles. The second kappa shape index (κ2) is 7.61. The molecule has 4 rings (SSSR count). The minimum absolute atomic E-state index is 0.199. The lowest BCUT2D eigenvalue weighted by Gasteiger charge is -2.34. The minimum atomic E-state index is -0.199. The highest BCUT2D eigenvalue weighted by molar-refractivity contribution is 7.71. The molecule has 0 aliphatic carbocycles. The summed E-state index contributed by atoms with van der Waals surface area (Å²) in [5, 5.41) is 0. The van der Waals surface area contributed by atoms with Crippen molar-refractivity contribution in [1.82, 2.24) is 9.55 Å². The average molecular weight is 391 g/mol. The van der Waals surface area contributed by atoms with Crippen LogP contribution in [0, 0.1) is 11.6 Å². The summed E-state index contributed by atoms with van der Waals surface area (Å²) >= 11 is 5.66. The molecule has 3 nitrogen and oxygen atoms in total. The zero-order chi connectivity index (χ0) is 19.7. The second-order valence-electron chi connectivity index (χ2n) is 8.14. The van der Waals surface area contributed by atoms with Crippen molar-refractivity contribution in [2.75, 3.05) is 0 Å². The highest BCUT2D eigenvalue weighted by Crippen LogP contribution is 2.31. The van der Waals surface area contributed by atoms with Crippen molar-refractivity contribution in [3.8, 4) is 11.4 Å². The molecular formula is C24H26N2OS. The SMILES string of the molecule is Cc1ccc(-c2nc(=S)c3c(n2CCc2ccccc2)CC(C)(C)OC3)cc1. The number of hydrogen-bond donors (Lipinski definition) is 0. The number of aromatic nitrogens is 2. The Morgan fingerprint density at radius 1 is 1.07 bits per heavy atom. The lowest BCUT2D eigenvalue weighted by atomic mass is 9.95. The molecular weight excluding hydrogens is 364 g/mol. The van der Waals surface area contributed by atoms with Gasteiger partial charge in [-0.05, 0) is 32.8 Å². The van der Waals surface area contributed by atoms with Crippen LogP contribution in [0.1, 0.15) is 36.2 Å². The molecule has 0 atom stereocenters. The van der Waals surface area contributed by atoms with E-state index in [-0.39, 0.29) is 5.60 Å². The molecule has 3 aromatic rings. The standard InChI is InChI=1S/C24H26N2OS/c1-17-9-11-19(12-10-17)22-25-23(28)20-16-27-24(2,3)15-21(20)26(22)14-13-18-7-5-4-6-8-18/h4-12H,13-16H2,1-3H3. The van der Waals surface area contributed by atoms with Crippen molar-refractivity contribution in [3.05, 3.63) is 81.6 Å². The summed E-state index contributed by atoms with van der Waals surface area (Å²) in [6.45, 7) is 7.80. The van der Waals surface area contributed by atoms with Gasteiger partial charge in [0.15, 0.2) is 0 Å². The predicted molar refractivity (Wildman–Crippen MR) is 116 cm³/mol. The van der Waals surface area contributed by atoms with Gasteiger partial charge in [-0.25, -0.2) is 4.98 Å². The molecule has 2 heterocycles. The molecule has 2 aromatic carbocycles. The molecule has 0 saturated heterocycles. The van der Waals surface area contributed by atoms with E-state index < -0.39 is 0 Å². The molecule has 1 aliphatic rings. The van der Waals surface area contributed by atoms with Crippen LogP contribution in [-0.2, 0) is 30.7 Å². The Hall–Kier alpha value is -2.30. The fraction of sp³-hybridized carbons (Fsp3) is 0.333. The van der Waals surface area contributed by atoms with Gasteiger partial charge in [0, 0.05) is 29.8 Å². The van der Waals surface area contributed by atoms with Crippen LogP contribution in [0.5, 0.6) is 0 Å². The molecule has 0 radical (unpaired) electrons. The van der Waals surface area contributed by atoms with Crippen LogP contribution in [-0.4, -0.2) is 15.2 Å².